The molecule has 0 aliphatic rings. The molecule has 0 spiro atoms. The van der Waals surface area contributed by atoms with Gasteiger partial charge < -0.3 is 9.13 Å². The van der Waals surface area contributed by atoms with E-state index in [0.29, 0.717) is 5.82 Å². The molecule has 0 saturated carbocycles. The van der Waals surface area contributed by atoms with E-state index in [1.165, 1.54) is 49.2 Å². The zero-order valence-corrected chi connectivity index (χ0v) is 30.4. The average molecular weight is 715 g/mol. The van der Waals surface area contributed by atoms with Crippen LogP contribution in [0.25, 0.3) is 100 Å². The molecule has 0 atom stereocenters. The van der Waals surface area contributed by atoms with Gasteiger partial charge in [0.15, 0.2) is 5.82 Å². The van der Waals surface area contributed by atoms with Crippen molar-refractivity contribution in [1.82, 2.24) is 19.1 Å². The first-order valence-electron chi connectivity index (χ1n) is 19.0. The van der Waals surface area contributed by atoms with Crippen molar-refractivity contribution in [2.24, 2.45) is 0 Å². The van der Waals surface area contributed by atoms with E-state index >= 15 is 0 Å². The summed E-state index contributed by atoms with van der Waals surface area (Å²) in [6.07, 6.45) is 0. The summed E-state index contributed by atoms with van der Waals surface area (Å²) in [5.74, 6) is 0.709. The van der Waals surface area contributed by atoms with E-state index in [1.54, 1.807) is 0 Å². The van der Waals surface area contributed by atoms with Crippen LogP contribution < -0.4 is 0 Å². The Kier molecular flexibility index (Phi) is 7.46. The second-order valence-electron chi connectivity index (χ2n) is 14.2. The van der Waals surface area contributed by atoms with Gasteiger partial charge in [0.2, 0.25) is 0 Å². The molecule has 4 heteroatoms. The summed E-state index contributed by atoms with van der Waals surface area (Å²) < 4.78 is 4.90. The molecule has 3 heterocycles. The van der Waals surface area contributed by atoms with Gasteiger partial charge in [0, 0.05) is 55.2 Å². The smallest absolute Gasteiger partial charge is 0.160 e. The molecule has 3 aromatic heterocycles. The highest BCUT2D eigenvalue weighted by molar-refractivity contribution is 6.29. The van der Waals surface area contributed by atoms with Crippen LogP contribution >= 0.6 is 0 Å². The highest BCUT2D eigenvalue weighted by Crippen LogP contribution is 2.46. The first-order chi connectivity index (χ1) is 27.8. The fourth-order valence-corrected chi connectivity index (χ4v) is 8.40. The van der Waals surface area contributed by atoms with Gasteiger partial charge in [-0.25, -0.2) is 9.97 Å². The van der Waals surface area contributed by atoms with Gasteiger partial charge >= 0.3 is 0 Å². The Morgan fingerprint density at radius 2 is 0.768 bits per heavy atom. The number of hydrogen-bond acceptors (Lipinski definition) is 2. The third-order valence-corrected chi connectivity index (χ3v) is 10.9. The van der Waals surface area contributed by atoms with Crippen molar-refractivity contribution in [2.45, 2.75) is 0 Å². The Hall–Kier alpha value is -7.56. The fourth-order valence-electron chi connectivity index (χ4n) is 8.40. The molecular weight excluding hydrogens is 681 g/mol. The number of hydrogen-bond donors (Lipinski definition) is 0. The van der Waals surface area contributed by atoms with E-state index in [2.05, 4.69) is 191 Å². The normalized spacial score (nSPS) is 11.6. The summed E-state index contributed by atoms with van der Waals surface area (Å²) in [5, 5.41) is 4.91. The molecule has 0 aliphatic carbocycles. The molecule has 0 amide bonds. The lowest BCUT2D eigenvalue weighted by Crippen LogP contribution is -1.97. The minimum absolute atomic E-state index is 0.709. The van der Waals surface area contributed by atoms with E-state index in [0.717, 1.165) is 45.0 Å². The lowest BCUT2D eigenvalue weighted by Gasteiger charge is -2.14. The average Bonchev–Trinajstić information content (AvgIpc) is 3.80. The second kappa shape index (κ2) is 13.1. The maximum atomic E-state index is 5.12. The van der Waals surface area contributed by atoms with Gasteiger partial charge in [0.25, 0.3) is 0 Å². The zero-order chi connectivity index (χ0) is 37.0. The van der Waals surface area contributed by atoms with Crippen LogP contribution in [0.3, 0.4) is 0 Å². The molecule has 56 heavy (non-hydrogen) atoms. The number of rotatable bonds is 6. The first-order valence-corrected chi connectivity index (χ1v) is 19.0. The molecule has 0 N–H and O–H groups in total. The molecule has 0 fully saturated rings. The van der Waals surface area contributed by atoms with Crippen LogP contribution in [0.2, 0.25) is 0 Å². The summed E-state index contributed by atoms with van der Waals surface area (Å²) >= 11 is 0. The van der Waals surface area contributed by atoms with Gasteiger partial charge in [0.1, 0.15) is 0 Å². The Labute approximate surface area is 324 Å². The van der Waals surface area contributed by atoms with Crippen LogP contribution in [0.15, 0.2) is 206 Å². The molecule has 262 valence electrons. The Morgan fingerprint density at radius 1 is 0.321 bits per heavy atom. The van der Waals surface area contributed by atoms with Gasteiger partial charge in [-0.15, -0.1) is 0 Å². The molecule has 0 aliphatic heterocycles. The number of benzene rings is 8. The third kappa shape index (κ3) is 5.15. The predicted molar refractivity (Wildman–Crippen MR) is 232 cm³/mol. The molecule has 11 aromatic rings. The van der Waals surface area contributed by atoms with Gasteiger partial charge in [-0.05, 0) is 54.1 Å². The fraction of sp³-hybridized carbons (Fsp3) is 0. The molecule has 0 unspecified atom stereocenters. The predicted octanol–water partition coefficient (Wildman–Crippen LogP) is 13.3. The summed E-state index contributed by atoms with van der Waals surface area (Å²) in [6, 6.07) is 73.2. The van der Waals surface area contributed by atoms with Crippen LogP contribution in [0, 0.1) is 0 Å². The second-order valence-corrected chi connectivity index (χ2v) is 14.2. The van der Waals surface area contributed by atoms with Crippen molar-refractivity contribution in [3.05, 3.63) is 206 Å². The van der Waals surface area contributed by atoms with E-state index in [1.807, 2.05) is 24.3 Å². The standard InChI is InChI=1S/C52H34N4/c1-5-17-36(18-6-1)45-34-46(54-52(53-45)38-19-7-2-8-20-38)37-31-29-35(30-32-37)43-33-44-41-25-13-15-27-47(41)55(39-21-9-3-10-22-39)51(44)49-42-26-14-16-28-48(42)56(50(43)49)40-23-11-4-12-24-40/h1-34H. The maximum absolute atomic E-state index is 5.12. The van der Waals surface area contributed by atoms with E-state index in [-0.39, 0.29) is 0 Å². The largest absolute Gasteiger partial charge is 0.309 e. The molecule has 8 aromatic carbocycles. The van der Waals surface area contributed by atoms with Gasteiger partial charge in [-0.2, -0.15) is 0 Å². The van der Waals surface area contributed by atoms with Gasteiger partial charge in [-0.1, -0.05) is 158 Å². The summed E-state index contributed by atoms with van der Waals surface area (Å²) in [7, 11) is 0. The summed E-state index contributed by atoms with van der Waals surface area (Å²) in [6.45, 7) is 0. The van der Waals surface area contributed by atoms with Crippen molar-refractivity contribution < 1.29 is 0 Å². The SMILES string of the molecule is c1ccc(-c2cc(-c3ccc(-c4cc5c6ccccc6n(-c6ccccc6)c5c5c6ccccc6n(-c6ccccc6)c45)cc3)nc(-c3ccccc3)n2)cc1. The van der Waals surface area contributed by atoms with Crippen LogP contribution in [0.5, 0.6) is 0 Å². The minimum atomic E-state index is 0.709. The third-order valence-electron chi connectivity index (χ3n) is 10.9. The molecular formula is C52H34N4. The highest BCUT2D eigenvalue weighted by Gasteiger charge is 2.24. The Bertz CT molecular complexity index is 3140. The van der Waals surface area contributed by atoms with Crippen molar-refractivity contribution >= 4 is 43.6 Å². The van der Waals surface area contributed by atoms with E-state index < -0.39 is 0 Å². The first kappa shape index (κ1) is 31.9. The van der Waals surface area contributed by atoms with Crippen molar-refractivity contribution in [2.75, 3.05) is 0 Å². The van der Waals surface area contributed by atoms with Crippen molar-refractivity contribution in [3.63, 3.8) is 0 Å². The minimum Gasteiger partial charge on any atom is -0.309 e. The Balaban J connectivity index is 1.19. The monoisotopic (exact) mass is 714 g/mol. The number of fused-ring (bicyclic) bond motifs is 7. The van der Waals surface area contributed by atoms with Crippen LogP contribution in [0.1, 0.15) is 0 Å². The number of para-hydroxylation sites is 4. The summed E-state index contributed by atoms with van der Waals surface area (Å²) in [5.41, 5.74) is 14.2. The van der Waals surface area contributed by atoms with Crippen LogP contribution in [-0.2, 0) is 0 Å². The van der Waals surface area contributed by atoms with Crippen molar-refractivity contribution in [1.29, 1.82) is 0 Å². The highest BCUT2D eigenvalue weighted by atomic mass is 15.0. The molecule has 0 saturated heterocycles. The van der Waals surface area contributed by atoms with E-state index in [9.17, 15) is 0 Å². The quantitative estimate of drug-likeness (QED) is 0.172. The van der Waals surface area contributed by atoms with E-state index in [4.69, 9.17) is 9.97 Å². The molecule has 0 bridgehead atoms. The Morgan fingerprint density at radius 3 is 1.38 bits per heavy atom. The van der Waals surface area contributed by atoms with Gasteiger partial charge in [-0.3, -0.25) is 0 Å². The number of aromatic nitrogens is 4. The lowest BCUT2D eigenvalue weighted by molar-refractivity contribution is 1.17. The lowest BCUT2D eigenvalue weighted by atomic mass is 9.96. The maximum Gasteiger partial charge on any atom is 0.160 e. The van der Waals surface area contributed by atoms with Gasteiger partial charge in [0.05, 0.1) is 33.5 Å². The summed E-state index contributed by atoms with van der Waals surface area (Å²) in [4.78, 5) is 10.1. The molecule has 4 nitrogen and oxygen atoms in total. The number of nitrogens with zero attached hydrogens (tertiary/aromatic N) is 4. The van der Waals surface area contributed by atoms with Crippen LogP contribution in [0.4, 0.5) is 0 Å². The zero-order valence-electron chi connectivity index (χ0n) is 30.4. The van der Waals surface area contributed by atoms with Crippen LogP contribution in [-0.4, -0.2) is 19.1 Å². The molecule has 0 radical (unpaired) electrons. The van der Waals surface area contributed by atoms with Crippen molar-refractivity contribution in [3.8, 4) is 56.4 Å². The topological polar surface area (TPSA) is 35.6 Å². The molecule has 11 rings (SSSR count).